The number of carbonyl (C=O) groups is 1. The Labute approximate surface area is 249 Å². The number of hydrogen-bond acceptors (Lipinski definition) is 7. The summed E-state index contributed by atoms with van der Waals surface area (Å²) in [6.07, 6.45) is 9.78. The van der Waals surface area contributed by atoms with Gasteiger partial charge in [0.1, 0.15) is 17.8 Å². The lowest BCUT2D eigenvalue weighted by atomic mass is 9.96. The van der Waals surface area contributed by atoms with Crippen molar-refractivity contribution in [1.29, 1.82) is 0 Å². The van der Waals surface area contributed by atoms with Crippen LogP contribution >= 0.6 is 11.6 Å². The lowest BCUT2D eigenvalue weighted by Gasteiger charge is -2.43. The molecule has 2 saturated heterocycles. The molecule has 0 radical (unpaired) electrons. The molecule has 2 atom stereocenters. The Bertz CT molecular complexity index is 1310. The van der Waals surface area contributed by atoms with Gasteiger partial charge in [0.05, 0.1) is 6.26 Å². The van der Waals surface area contributed by atoms with Crippen LogP contribution in [0.25, 0.3) is 0 Å². The molecule has 1 amide bonds. The third kappa shape index (κ3) is 7.21. The molecular weight excluding hydrogens is 560 g/mol. The summed E-state index contributed by atoms with van der Waals surface area (Å²) < 4.78 is 25.3. The first-order valence-corrected chi connectivity index (χ1v) is 17.1. The third-order valence-corrected chi connectivity index (χ3v) is 11.1. The minimum atomic E-state index is -3.16. The molecule has 2 aliphatic heterocycles. The van der Waals surface area contributed by atoms with Crippen molar-refractivity contribution in [1.82, 2.24) is 24.1 Å². The molecule has 3 fully saturated rings. The van der Waals surface area contributed by atoms with Gasteiger partial charge in [0.15, 0.2) is 0 Å². The number of aromatic nitrogens is 2. The van der Waals surface area contributed by atoms with Crippen LogP contribution in [0.1, 0.15) is 72.5 Å². The molecule has 2 unspecified atom stereocenters. The van der Waals surface area contributed by atoms with Crippen molar-refractivity contribution in [3.63, 3.8) is 0 Å². The van der Waals surface area contributed by atoms with Gasteiger partial charge in [-0.3, -0.25) is 4.79 Å². The van der Waals surface area contributed by atoms with Crippen LogP contribution in [0.2, 0.25) is 5.02 Å². The summed E-state index contributed by atoms with van der Waals surface area (Å²) in [5, 5.41) is 4.29. The minimum Gasteiger partial charge on any atom is -0.369 e. The molecule has 3 aliphatic rings. The number of amides is 1. The van der Waals surface area contributed by atoms with Crippen LogP contribution in [0.4, 0.5) is 5.82 Å². The monoisotopic (exact) mass is 602 g/mol. The molecule has 1 N–H and O–H groups in total. The zero-order chi connectivity index (χ0) is 29.1. The molecule has 5 rings (SSSR count). The smallest absolute Gasteiger partial charge is 0.272 e. The van der Waals surface area contributed by atoms with Crippen molar-refractivity contribution >= 4 is 33.3 Å². The standard InChI is InChI=1S/C30H43ClN6O3S/c1-21-28(33-20-34-29(21)32-19-22-4-5-24(18-22)23-6-8-25(31)9-7-23)30(38)37-16-12-27(13-17-37)36-14-10-26(11-15-36)35(2)41(3,39)40/h6-9,20,22,24,26-27H,4-5,10-19H2,1-3H3,(H,32,33,34). The Kier molecular flexibility index (Phi) is 9.53. The van der Waals surface area contributed by atoms with Crippen LogP contribution in [0.15, 0.2) is 30.6 Å². The zero-order valence-electron chi connectivity index (χ0n) is 24.4. The van der Waals surface area contributed by atoms with Gasteiger partial charge in [-0.05, 0) is 94.5 Å². The predicted octanol–water partition coefficient (Wildman–Crippen LogP) is 4.39. The van der Waals surface area contributed by atoms with E-state index in [1.165, 1.54) is 28.9 Å². The van der Waals surface area contributed by atoms with Crippen molar-refractivity contribution in [3.8, 4) is 0 Å². The second-order valence-corrected chi connectivity index (χ2v) is 14.6. The van der Waals surface area contributed by atoms with Crippen LogP contribution in [-0.2, 0) is 10.0 Å². The molecule has 1 saturated carbocycles. The quantitative estimate of drug-likeness (QED) is 0.478. The van der Waals surface area contributed by atoms with Crippen molar-refractivity contribution in [2.45, 2.75) is 69.9 Å². The summed E-state index contributed by atoms with van der Waals surface area (Å²) in [6, 6.07) is 8.72. The van der Waals surface area contributed by atoms with Gasteiger partial charge >= 0.3 is 0 Å². The van der Waals surface area contributed by atoms with Gasteiger partial charge in [0.25, 0.3) is 5.91 Å². The van der Waals surface area contributed by atoms with E-state index in [9.17, 15) is 13.2 Å². The highest BCUT2D eigenvalue weighted by molar-refractivity contribution is 7.88. The fourth-order valence-electron chi connectivity index (χ4n) is 6.85. The largest absolute Gasteiger partial charge is 0.369 e. The number of nitrogens with one attached hydrogen (secondary N) is 1. The van der Waals surface area contributed by atoms with E-state index in [1.807, 2.05) is 24.0 Å². The van der Waals surface area contributed by atoms with E-state index in [0.717, 1.165) is 74.6 Å². The Balaban J connectivity index is 1.10. The van der Waals surface area contributed by atoms with E-state index < -0.39 is 10.0 Å². The van der Waals surface area contributed by atoms with Gasteiger partial charge in [-0.1, -0.05) is 23.7 Å². The van der Waals surface area contributed by atoms with Crippen molar-refractivity contribution < 1.29 is 13.2 Å². The van der Waals surface area contributed by atoms with E-state index >= 15 is 0 Å². The number of halogens is 1. The molecule has 224 valence electrons. The van der Waals surface area contributed by atoms with Crippen molar-refractivity contribution in [2.24, 2.45) is 5.92 Å². The Hall–Kier alpha value is -2.27. The number of rotatable bonds is 8. The maximum absolute atomic E-state index is 13.5. The van der Waals surface area contributed by atoms with Crippen LogP contribution in [-0.4, -0.2) is 96.5 Å². The average Bonchev–Trinajstić information content (AvgIpc) is 3.45. The van der Waals surface area contributed by atoms with Gasteiger partial charge in [-0.15, -0.1) is 0 Å². The SMILES string of the molecule is Cc1c(NCC2CCC(c3ccc(Cl)cc3)C2)ncnc1C(=O)N1CCC(N2CCC(N(C)S(C)(=O)=O)CC2)CC1. The Morgan fingerprint density at radius 3 is 2.37 bits per heavy atom. The third-order valence-electron chi connectivity index (χ3n) is 9.53. The van der Waals surface area contributed by atoms with E-state index in [4.69, 9.17) is 11.6 Å². The highest BCUT2D eigenvalue weighted by Crippen LogP contribution is 2.38. The number of piperidine rings is 2. The lowest BCUT2D eigenvalue weighted by molar-refractivity contribution is 0.0542. The number of benzene rings is 1. The number of nitrogens with zero attached hydrogens (tertiary/aromatic N) is 5. The maximum Gasteiger partial charge on any atom is 0.272 e. The molecule has 9 nitrogen and oxygen atoms in total. The highest BCUT2D eigenvalue weighted by Gasteiger charge is 2.33. The topological polar surface area (TPSA) is 98.7 Å². The number of hydrogen-bond donors (Lipinski definition) is 1. The molecule has 1 aromatic carbocycles. The van der Waals surface area contributed by atoms with Crippen molar-refractivity contribution in [2.75, 3.05) is 51.3 Å². The zero-order valence-corrected chi connectivity index (χ0v) is 26.0. The summed E-state index contributed by atoms with van der Waals surface area (Å²) in [7, 11) is -1.48. The highest BCUT2D eigenvalue weighted by atomic mass is 35.5. The molecule has 2 aromatic rings. The summed E-state index contributed by atoms with van der Waals surface area (Å²) in [6.45, 7) is 5.96. The van der Waals surface area contributed by atoms with Crippen LogP contribution in [0, 0.1) is 12.8 Å². The summed E-state index contributed by atoms with van der Waals surface area (Å²) in [4.78, 5) is 26.7. The van der Waals surface area contributed by atoms with E-state index in [1.54, 1.807) is 7.05 Å². The van der Waals surface area contributed by atoms with E-state index in [2.05, 4.69) is 32.3 Å². The first kappa shape index (κ1) is 30.2. The number of sulfonamides is 1. The summed E-state index contributed by atoms with van der Waals surface area (Å²) >= 11 is 6.06. The molecule has 0 bridgehead atoms. The lowest BCUT2D eigenvalue weighted by Crippen LogP contribution is -2.52. The molecule has 41 heavy (non-hydrogen) atoms. The normalized spacial score (nSPS) is 23.3. The van der Waals surface area contributed by atoms with Gasteiger partial charge in [0.2, 0.25) is 10.0 Å². The Morgan fingerprint density at radius 1 is 1.02 bits per heavy atom. The number of likely N-dealkylation sites (tertiary alicyclic amines) is 2. The molecule has 3 heterocycles. The second-order valence-electron chi connectivity index (χ2n) is 12.1. The van der Waals surface area contributed by atoms with Crippen LogP contribution < -0.4 is 5.32 Å². The van der Waals surface area contributed by atoms with Gasteiger partial charge in [-0.25, -0.2) is 22.7 Å². The van der Waals surface area contributed by atoms with Crippen LogP contribution in [0.3, 0.4) is 0 Å². The minimum absolute atomic E-state index is 0.0245. The molecule has 1 aromatic heterocycles. The van der Waals surface area contributed by atoms with Crippen molar-refractivity contribution in [3.05, 3.63) is 52.4 Å². The molecule has 11 heteroatoms. The molecular formula is C30H43ClN6O3S. The summed E-state index contributed by atoms with van der Waals surface area (Å²) in [5.74, 6) is 1.84. The fraction of sp³-hybridized carbons (Fsp3) is 0.633. The molecule has 0 spiro atoms. The number of carbonyl (C=O) groups excluding carboxylic acids is 1. The van der Waals surface area contributed by atoms with Gasteiger partial charge in [-0.2, -0.15) is 0 Å². The van der Waals surface area contributed by atoms with E-state index in [-0.39, 0.29) is 11.9 Å². The Morgan fingerprint density at radius 2 is 1.71 bits per heavy atom. The maximum atomic E-state index is 13.5. The fourth-order valence-corrected chi connectivity index (χ4v) is 7.73. The molecule has 1 aliphatic carbocycles. The summed E-state index contributed by atoms with van der Waals surface area (Å²) in [5.41, 5.74) is 2.65. The van der Waals surface area contributed by atoms with E-state index in [0.29, 0.717) is 36.7 Å². The second kappa shape index (κ2) is 12.9. The predicted molar refractivity (Wildman–Crippen MR) is 163 cm³/mol. The first-order chi connectivity index (χ1) is 19.6. The number of anilines is 1. The average molecular weight is 603 g/mol. The first-order valence-electron chi connectivity index (χ1n) is 14.9. The van der Waals surface area contributed by atoms with Gasteiger partial charge in [0, 0.05) is 49.4 Å². The van der Waals surface area contributed by atoms with Gasteiger partial charge < -0.3 is 15.1 Å². The van der Waals surface area contributed by atoms with Crippen LogP contribution in [0.5, 0.6) is 0 Å².